The zero-order valence-electron chi connectivity index (χ0n) is 10.2. The van der Waals surface area contributed by atoms with Crippen LogP contribution in [0.1, 0.15) is 18.4 Å². The van der Waals surface area contributed by atoms with Crippen LogP contribution in [-0.4, -0.2) is 52.7 Å². The van der Waals surface area contributed by atoms with Crippen molar-refractivity contribution in [1.82, 2.24) is 20.0 Å². The van der Waals surface area contributed by atoms with Gasteiger partial charge in [-0.2, -0.15) is 0 Å². The third kappa shape index (κ3) is 3.60. The molecule has 3 N–H and O–H groups in total. The van der Waals surface area contributed by atoms with Gasteiger partial charge < -0.3 is 4.90 Å². The Labute approximate surface area is 106 Å². The quantitative estimate of drug-likeness (QED) is 0.585. The number of nitrogens with two attached hydrogens (primary N) is 1. The van der Waals surface area contributed by atoms with E-state index in [1.165, 1.54) is 24.3 Å². The fourth-order valence-corrected chi connectivity index (χ4v) is 2.75. The topological polar surface area (TPSA) is 70.3 Å². The van der Waals surface area contributed by atoms with E-state index in [0.29, 0.717) is 5.13 Å². The van der Waals surface area contributed by atoms with Gasteiger partial charge in [-0.15, -0.1) is 10.2 Å². The average Bonchev–Trinajstić information content (AvgIpc) is 2.80. The van der Waals surface area contributed by atoms with E-state index in [2.05, 4.69) is 32.3 Å². The van der Waals surface area contributed by atoms with Crippen LogP contribution in [0, 0.1) is 0 Å². The second-order valence-electron chi connectivity index (χ2n) is 4.26. The van der Waals surface area contributed by atoms with Crippen molar-refractivity contribution in [2.75, 3.05) is 38.1 Å². The summed E-state index contributed by atoms with van der Waals surface area (Å²) < 4.78 is 0. The predicted octanol–water partition coefficient (Wildman–Crippen LogP) is 0.351. The first kappa shape index (κ1) is 12.7. The minimum Gasteiger partial charge on any atom is -0.301 e. The average molecular weight is 256 g/mol. The lowest BCUT2D eigenvalue weighted by molar-refractivity contribution is 0.127. The molecule has 0 bridgehead atoms. The minimum atomic E-state index is 0.685. The number of hydrogen-bond donors (Lipinski definition) is 2. The fourth-order valence-electron chi connectivity index (χ4n) is 2.05. The van der Waals surface area contributed by atoms with Crippen LogP contribution in [0.25, 0.3) is 0 Å². The Bertz CT molecular complexity index is 333. The molecule has 0 saturated carbocycles. The van der Waals surface area contributed by atoms with Crippen molar-refractivity contribution in [3.05, 3.63) is 5.01 Å². The number of hydrogen-bond acceptors (Lipinski definition) is 7. The summed E-state index contributed by atoms with van der Waals surface area (Å²) >= 11 is 1.52. The highest BCUT2D eigenvalue weighted by Crippen LogP contribution is 2.16. The number of aromatic nitrogens is 2. The van der Waals surface area contributed by atoms with Crippen molar-refractivity contribution in [1.29, 1.82) is 0 Å². The molecule has 1 aliphatic rings. The van der Waals surface area contributed by atoms with Crippen LogP contribution < -0.4 is 11.3 Å². The molecule has 7 heteroatoms. The lowest BCUT2D eigenvalue weighted by Crippen LogP contribution is -2.45. The molecule has 2 heterocycles. The number of rotatable bonds is 5. The lowest BCUT2D eigenvalue weighted by atomic mass is 10.3. The van der Waals surface area contributed by atoms with E-state index in [0.717, 1.165) is 37.7 Å². The summed E-state index contributed by atoms with van der Waals surface area (Å²) in [4.78, 5) is 4.94. The van der Waals surface area contributed by atoms with E-state index in [9.17, 15) is 0 Å². The molecule has 0 amide bonds. The van der Waals surface area contributed by atoms with Gasteiger partial charge >= 0.3 is 0 Å². The fraction of sp³-hybridized carbons (Fsp3) is 0.800. The van der Waals surface area contributed by atoms with E-state index >= 15 is 0 Å². The van der Waals surface area contributed by atoms with Crippen LogP contribution in [0.5, 0.6) is 0 Å². The first-order valence-electron chi connectivity index (χ1n) is 6.05. The Balaban J connectivity index is 1.77. The second kappa shape index (κ2) is 6.25. The third-order valence-corrected chi connectivity index (χ3v) is 3.79. The standard InChI is InChI=1S/C10H20N6S/c1-2-3-15-4-6-16(7-5-15)8-9-13-14-10(12-11)17-9/h2-8,11H2,1H3,(H,12,14). The van der Waals surface area contributed by atoms with Crippen LogP contribution in [0.2, 0.25) is 0 Å². The largest absolute Gasteiger partial charge is 0.301 e. The lowest BCUT2D eigenvalue weighted by Gasteiger charge is -2.33. The Morgan fingerprint density at radius 3 is 2.53 bits per heavy atom. The van der Waals surface area contributed by atoms with Crippen LogP contribution >= 0.6 is 11.3 Å². The molecule has 2 rings (SSSR count). The summed E-state index contributed by atoms with van der Waals surface area (Å²) in [7, 11) is 0. The van der Waals surface area contributed by atoms with Crippen molar-refractivity contribution in [2.24, 2.45) is 5.84 Å². The number of hydrazine groups is 1. The zero-order chi connectivity index (χ0) is 12.1. The van der Waals surface area contributed by atoms with Gasteiger partial charge in [0, 0.05) is 26.2 Å². The first-order valence-corrected chi connectivity index (χ1v) is 6.87. The Morgan fingerprint density at radius 2 is 1.94 bits per heavy atom. The van der Waals surface area contributed by atoms with Gasteiger partial charge in [0.2, 0.25) is 5.13 Å². The molecule has 6 nitrogen and oxygen atoms in total. The van der Waals surface area contributed by atoms with Gasteiger partial charge in [0.1, 0.15) is 5.01 Å². The van der Waals surface area contributed by atoms with Gasteiger partial charge in [-0.3, -0.25) is 10.3 Å². The molecule has 96 valence electrons. The maximum atomic E-state index is 5.29. The number of piperazine rings is 1. The summed E-state index contributed by atoms with van der Waals surface area (Å²) in [6.45, 7) is 8.89. The molecular weight excluding hydrogens is 236 g/mol. The Hall–Kier alpha value is -0.760. The summed E-state index contributed by atoms with van der Waals surface area (Å²) in [5.41, 5.74) is 2.53. The summed E-state index contributed by atoms with van der Waals surface area (Å²) in [5, 5.41) is 9.76. The monoisotopic (exact) mass is 256 g/mol. The maximum absolute atomic E-state index is 5.29. The van der Waals surface area contributed by atoms with Gasteiger partial charge in [-0.1, -0.05) is 18.3 Å². The van der Waals surface area contributed by atoms with Gasteiger partial charge in [0.25, 0.3) is 0 Å². The van der Waals surface area contributed by atoms with Crippen molar-refractivity contribution < 1.29 is 0 Å². The highest BCUT2D eigenvalue weighted by Gasteiger charge is 2.17. The molecule has 0 radical (unpaired) electrons. The van der Waals surface area contributed by atoms with Gasteiger partial charge in [0.15, 0.2) is 0 Å². The summed E-state index contributed by atoms with van der Waals surface area (Å²) in [6, 6.07) is 0. The highest BCUT2D eigenvalue weighted by molar-refractivity contribution is 7.15. The third-order valence-electron chi connectivity index (χ3n) is 2.95. The Kier molecular flexibility index (Phi) is 4.66. The van der Waals surface area contributed by atoms with Crippen molar-refractivity contribution >= 4 is 16.5 Å². The molecule has 1 saturated heterocycles. The normalized spacial score (nSPS) is 18.5. The molecule has 0 atom stereocenters. The molecule has 1 aromatic heterocycles. The van der Waals surface area contributed by atoms with Crippen molar-refractivity contribution in [3.8, 4) is 0 Å². The molecule has 0 unspecified atom stereocenters. The van der Waals surface area contributed by atoms with E-state index in [-0.39, 0.29) is 0 Å². The summed E-state index contributed by atoms with van der Waals surface area (Å²) in [5.74, 6) is 5.29. The second-order valence-corrected chi connectivity index (χ2v) is 5.33. The Morgan fingerprint density at radius 1 is 1.24 bits per heavy atom. The maximum Gasteiger partial charge on any atom is 0.219 e. The van der Waals surface area contributed by atoms with Crippen LogP contribution in [0.15, 0.2) is 0 Å². The number of anilines is 1. The zero-order valence-corrected chi connectivity index (χ0v) is 11.0. The predicted molar refractivity (Wildman–Crippen MR) is 69.7 cm³/mol. The van der Waals surface area contributed by atoms with Crippen LogP contribution in [0.4, 0.5) is 5.13 Å². The van der Waals surface area contributed by atoms with Crippen molar-refractivity contribution in [2.45, 2.75) is 19.9 Å². The molecule has 1 aliphatic heterocycles. The van der Waals surface area contributed by atoms with E-state index < -0.39 is 0 Å². The molecular formula is C10H20N6S. The van der Waals surface area contributed by atoms with Crippen molar-refractivity contribution in [3.63, 3.8) is 0 Å². The molecule has 1 aromatic rings. The van der Waals surface area contributed by atoms with Crippen LogP contribution in [-0.2, 0) is 6.54 Å². The van der Waals surface area contributed by atoms with Crippen LogP contribution in [0.3, 0.4) is 0 Å². The minimum absolute atomic E-state index is 0.685. The first-order chi connectivity index (χ1) is 8.31. The molecule has 0 aromatic carbocycles. The summed E-state index contributed by atoms with van der Waals surface area (Å²) in [6.07, 6.45) is 1.24. The molecule has 1 fully saturated rings. The molecule has 0 aliphatic carbocycles. The van der Waals surface area contributed by atoms with Gasteiger partial charge in [-0.05, 0) is 13.0 Å². The smallest absolute Gasteiger partial charge is 0.219 e. The number of nitrogens with zero attached hydrogens (tertiary/aromatic N) is 4. The highest BCUT2D eigenvalue weighted by atomic mass is 32.1. The molecule has 17 heavy (non-hydrogen) atoms. The molecule has 0 spiro atoms. The van der Waals surface area contributed by atoms with E-state index in [1.807, 2.05) is 0 Å². The SMILES string of the molecule is CCCN1CCN(Cc2nnc(NN)s2)CC1. The number of nitrogen functional groups attached to an aromatic ring is 1. The van der Waals surface area contributed by atoms with E-state index in [1.54, 1.807) is 0 Å². The van der Waals surface area contributed by atoms with Gasteiger partial charge in [-0.25, -0.2) is 5.84 Å². The number of nitrogens with one attached hydrogen (secondary N) is 1. The van der Waals surface area contributed by atoms with E-state index in [4.69, 9.17) is 5.84 Å². The van der Waals surface area contributed by atoms with Gasteiger partial charge in [0.05, 0.1) is 6.54 Å².